The molecule has 2 N–H and O–H groups in total. The van der Waals surface area contributed by atoms with Crippen molar-refractivity contribution in [3.8, 4) is 17.2 Å². The zero-order valence-electron chi connectivity index (χ0n) is 37.2. The highest BCUT2D eigenvalue weighted by atomic mass is 16.7. The minimum Gasteiger partial charge on any atom is -0.459 e. The average Bonchev–Trinajstić information content (AvgIpc) is 3.34. The fourth-order valence-corrected chi connectivity index (χ4v) is 10.0. The quantitative estimate of drug-likeness (QED) is 0.0333. The number of oxime groups is 1. The summed E-state index contributed by atoms with van der Waals surface area (Å²) in [6.45, 7) is 4.35. The van der Waals surface area contributed by atoms with Crippen LogP contribution in [0.1, 0.15) is 67.6 Å². The van der Waals surface area contributed by atoms with E-state index in [0.717, 1.165) is 53.2 Å². The average molecular weight is 896 g/mol. The number of carbonyl (C=O) groups excluding carboxylic acids is 1. The molecule has 0 saturated heterocycles. The summed E-state index contributed by atoms with van der Waals surface area (Å²) in [5.41, 5.74) is 3.90. The molecule has 1 saturated carbocycles. The molecular formula is C53H57N3O10. The van der Waals surface area contributed by atoms with Crippen molar-refractivity contribution in [2.75, 3.05) is 26.9 Å². The molecule has 0 bridgehead atoms. The number of ether oxygens (including phenoxy) is 4. The van der Waals surface area contributed by atoms with E-state index in [9.17, 15) is 25.1 Å². The number of likely N-dealkylation sites (N-methyl/N-ethyl adjacent to an activating group) is 1. The summed E-state index contributed by atoms with van der Waals surface area (Å²) in [4.78, 5) is 32.9. The van der Waals surface area contributed by atoms with Gasteiger partial charge in [0.15, 0.2) is 0 Å². The van der Waals surface area contributed by atoms with Gasteiger partial charge in [0.05, 0.1) is 23.2 Å². The van der Waals surface area contributed by atoms with Crippen molar-refractivity contribution in [2.45, 2.75) is 75.9 Å². The second kappa shape index (κ2) is 21.2. The molecule has 5 aromatic rings. The van der Waals surface area contributed by atoms with Crippen molar-refractivity contribution >= 4 is 28.3 Å². The van der Waals surface area contributed by atoms with Gasteiger partial charge in [-0.15, -0.1) is 6.58 Å². The van der Waals surface area contributed by atoms with Crippen LogP contribution in [-0.4, -0.2) is 70.5 Å². The molecule has 1 fully saturated rings. The lowest BCUT2D eigenvalue weighted by Gasteiger charge is -2.59. The fraction of sp³-hybridized carbons (Fsp3) is 0.358. The molecule has 0 radical (unpaired) electrons. The highest BCUT2D eigenvalue weighted by Gasteiger charge is 2.65. The van der Waals surface area contributed by atoms with E-state index in [1.165, 1.54) is 12.1 Å². The summed E-state index contributed by atoms with van der Waals surface area (Å²) in [5.74, 6) is -0.348. The van der Waals surface area contributed by atoms with Gasteiger partial charge in [-0.3, -0.25) is 10.1 Å². The number of nitrogens with zero attached hydrogens (tertiary/aromatic N) is 3. The molecule has 1 heterocycles. The van der Waals surface area contributed by atoms with Gasteiger partial charge in [-0.1, -0.05) is 90.8 Å². The molecule has 5 aromatic carbocycles. The number of amides is 1. The normalized spacial score (nSPS) is 22.3. The Bertz CT molecular complexity index is 2550. The van der Waals surface area contributed by atoms with E-state index in [-0.39, 0.29) is 62.9 Å². The van der Waals surface area contributed by atoms with Crippen molar-refractivity contribution in [1.82, 2.24) is 4.90 Å². The summed E-state index contributed by atoms with van der Waals surface area (Å²) >= 11 is 0. The number of hydrogen-bond acceptors (Lipinski definition) is 11. The molecule has 13 heteroatoms. The first-order chi connectivity index (χ1) is 32.2. The molecule has 6 unspecified atom stereocenters. The lowest BCUT2D eigenvalue weighted by Crippen LogP contribution is -2.69. The lowest BCUT2D eigenvalue weighted by atomic mass is 9.55. The van der Waals surface area contributed by atoms with Crippen LogP contribution >= 0.6 is 0 Å². The van der Waals surface area contributed by atoms with Crippen molar-refractivity contribution in [1.29, 1.82) is 0 Å². The first-order valence-electron chi connectivity index (χ1n) is 22.8. The number of hydrogen-bond donors (Lipinski definition) is 2. The number of aliphatic hydroxyl groups is 2. The number of non-ortho nitro benzene ring substituents is 1. The largest absolute Gasteiger partial charge is 0.459 e. The maximum absolute atomic E-state index is 14.3. The molecule has 66 heavy (non-hydrogen) atoms. The zero-order valence-corrected chi connectivity index (χ0v) is 37.2. The monoisotopic (exact) mass is 895 g/mol. The highest BCUT2D eigenvalue weighted by molar-refractivity contribution is 6.03. The number of allylic oxidation sites excluding steroid dienone is 1. The second-order valence-corrected chi connectivity index (χ2v) is 17.2. The molecule has 1 amide bonds. The maximum Gasteiger partial charge on any atom is 0.410 e. The fourth-order valence-electron chi connectivity index (χ4n) is 10.0. The van der Waals surface area contributed by atoms with Crippen molar-refractivity contribution in [3.63, 3.8) is 0 Å². The van der Waals surface area contributed by atoms with Crippen molar-refractivity contribution in [3.05, 3.63) is 166 Å². The third-order valence-electron chi connectivity index (χ3n) is 13.1. The number of rotatable bonds is 20. The van der Waals surface area contributed by atoms with Gasteiger partial charge in [-0.25, -0.2) is 4.79 Å². The van der Waals surface area contributed by atoms with E-state index in [0.29, 0.717) is 41.4 Å². The Hall–Kier alpha value is -6.54. The highest BCUT2D eigenvalue weighted by Crippen LogP contribution is 2.62. The molecule has 0 aromatic heterocycles. The van der Waals surface area contributed by atoms with E-state index in [1.807, 2.05) is 72.8 Å². The van der Waals surface area contributed by atoms with Crippen molar-refractivity contribution < 1.29 is 43.7 Å². The van der Waals surface area contributed by atoms with Crippen LogP contribution < -0.4 is 9.47 Å². The summed E-state index contributed by atoms with van der Waals surface area (Å²) in [7, 11) is 1.69. The Morgan fingerprint density at radius 1 is 0.879 bits per heavy atom. The Morgan fingerprint density at radius 2 is 1.58 bits per heavy atom. The standard InChI is InChI=1S/C53H57N3O10/c1-3-29-63-53-49(55(2)52(59)62-34-36-13-5-4-6-14-36)33-47(54-64-35-37-19-22-41(23-20-37)56(60)61)45-31-40(17-9-11-27-57)44(18-10-12-28-58)50(51(45)53)46-32-43(25-26-48(46)66-53)65-42-24-21-38-15-7-8-16-39(38)30-42/h3-8,13-16,19-26,30-32,40,44,49-51,57-58H,1,9-12,17-18,27-29,33-35H2,2H3. The van der Waals surface area contributed by atoms with Gasteiger partial charge in [0.2, 0.25) is 5.79 Å². The number of aliphatic hydroxyl groups excluding tert-OH is 2. The van der Waals surface area contributed by atoms with E-state index < -0.39 is 28.8 Å². The number of nitro groups is 1. The first kappa shape index (κ1) is 46.0. The Labute approximate surface area is 385 Å². The molecule has 8 rings (SSSR count). The van der Waals surface area contributed by atoms with E-state index in [2.05, 4.69) is 30.9 Å². The molecule has 3 aliphatic rings. The number of nitro benzene ring substituents is 1. The van der Waals surface area contributed by atoms with Crippen LogP contribution in [0.3, 0.4) is 0 Å². The SMILES string of the molecule is C=CCOC12Oc3ccc(Oc4ccc5ccccc5c4)cc3C3C(CCCCO)C(CCCCO)C=C(C(=NOCc4ccc([N+](=O)[O-])cc4)CC1N(C)C(=O)OCc1ccccc1)C32. The smallest absolute Gasteiger partial charge is 0.410 e. The van der Waals surface area contributed by atoms with Crippen LogP contribution in [0.15, 0.2) is 145 Å². The van der Waals surface area contributed by atoms with Crippen LogP contribution in [0.25, 0.3) is 10.8 Å². The number of fused-ring (bicyclic) bond motifs is 3. The predicted octanol–water partition coefficient (Wildman–Crippen LogP) is 10.6. The summed E-state index contributed by atoms with van der Waals surface area (Å²) in [6.07, 6.45) is 7.91. The maximum atomic E-state index is 14.3. The zero-order chi connectivity index (χ0) is 46.0. The third-order valence-corrected chi connectivity index (χ3v) is 13.1. The topological polar surface area (TPSA) is 162 Å². The molecule has 0 spiro atoms. The minimum atomic E-state index is -1.47. The Morgan fingerprint density at radius 3 is 2.32 bits per heavy atom. The summed E-state index contributed by atoms with van der Waals surface area (Å²) < 4.78 is 26.9. The van der Waals surface area contributed by atoms with Gasteiger partial charge in [0.1, 0.15) is 36.5 Å². The molecular weight excluding hydrogens is 839 g/mol. The number of benzene rings is 5. The van der Waals surface area contributed by atoms with Gasteiger partial charge in [-0.05, 0) is 107 Å². The molecule has 6 atom stereocenters. The first-order valence-corrected chi connectivity index (χ1v) is 22.8. The number of carbonyl (C=O) groups is 1. The van der Waals surface area contributed by atoms with E-state index >= 15 is 0 Å². The molecule has 2 aliphatic carbocycles. The lowest BCUT2D eigenvalue weighted by molar-refractivity contribution is -0.384. The van der Waals surface area contributed by atoms with Crippen LogP contribution in [0.5, 0.6) is 17.2 Å². The predicted molar refractivity (Wildman–Crippen MR) is 251 cm³/mol. The molecule has 344 valence electrons. The number of unbranched alkanes of at least 4 members (excludes halogenated alkanes) is 2. The minimum absolute atomic E-state index is 0.00522. The Kier molecular flexibility index (Phi) is 14.8. The van der Waals surface area contributed by atoms with E-state index in [1.54, 1.807) is 30.2 Å². The van der Waals surface area contributed by atoms with Gasteiger partial charge in [0, 0.05) is 50.3 Å². The van der Waals surface area contributed by atoms with E-state index in [4.69, 9.17) is 28.9 Å². The van der Waals surface area contributed by atoms with Crippen LogP contribution in [-0.2, 0) is 27.5 Å². The summed E-state index contributed by atoms with van der Waals surface area (Å²) in [5, 5.41) is 38.3. The van der Waals surface area contributed by atoms with Gasteiger partial charge >= 0.3 is 6.09 Å². The molecule has 13 nitrogen and oxygen atoms in total. The van der Waals surface area contributed by atoms with Crippen molar-refractivity contribution in [2.24, 2.45) is 22.9 Å². The Balaban J connectivity index is 1.26. The third kappa shape index (κ3) is 9.98. The van der Waals surface area contributed by atoms with Crippen LogP contribution in [0.4, 0.5) is 10.5 Å². The van der Waals surface area contributed by atoms with Crippen LogP contribution in [0, 0.1) is 27.9 Å². The molecule has 1 aliphatic heterocycles. The second-order valence-electron chi connectivity index (χ2n) is 17.2. The van der Waals surface area contributed by atoms with Crippen LogP contribution in [0.2, 0.25) is 0 Å². The van der Waals surface area contributed by atoms with Gasteiger partial charge in [-0.2, -0.15) is 0 Å². The van der Waals surface area contributed by atoms with Gasteiger partial charge in [0.25, 0.3) is 5.69 Å². The summed E-state index contributed by atoms with van der Waals surface area (Å²) in [6, 6.07) is 34.8. The van der Waals surface area contributed by atoms with Gasteiger partial charge < -0.3 is 38.9 Å².